The van der Waals surface area contributed by atoms with Gasteiger partial charge in [-0.15, -0.1) is 0 Å². The number of nitrogens with zero attached hydrogens (tertiary/aromatic N) is 2. The average molecular weight is 394 g/mol. The fraction of sp³-hybridized carbons (Fsp3) is 0.417. The number of benzene rings is 2. The first-order valence-electron chi connectivity index (χ1n) is 10.3. The van der Waals surface area contributed by atoms with Crippen LogP contribution in [0, 0.1) is 11.3 Å². The molecule has 0 atom stereocenters. The van der Waals surface area contributed by atoms with Crippen molar-refractivity contribution >= 4 is 28.9 Å². The Kier molecular flexibility index (Phi) is 6.26. The van der Waals surface area contributed by atoms with Crippen molar-refractivity contribution in [2.75, 3.05) is 30.4 Å². The summed E-state index contributed by atoms with van der Waals surface area (Å²) >= 11 is 0. The number of amides is 2. The Balaban J connectivity index is 1.66. The minimum atomic E-state index is -0.379. The molecule has 2 amide bonds. The summed E-state index contributed by atoms with van der Waals surface area (Å²) in [5, 5.41) is 3.12. The predicted octanol–water partition coefficient (Wildman–Crippen LogP) is 4.68. The van der Waals surface area contributed by atoms with Gasteiger partial charge in [-0.1, -0.05) is 51.1 Å². The van der Waals surface area contributed by atoms with Crippen molar-refractivity contribution in [1.82, 2.24) is 4.90 Å². The Morgan fingerprint density at radius 1 is 0.966 bits per heavy atom. The lowest BCUT2D eigenvalue weighted by Gasteiger charge is -2.35. The summed E-state index contributed by atoms with van der Waals surface area (Å²) in [7, 11) is 2.00. The van der Waals surface area contributed by atoms with Crippen LogP contribution in [0.3, 0.4) is 0 Å². The van der Waals surface area contributed by atoms with E-state index in [1.807, 2.05) is 87.3 Å². The summed E-state index contributed by atoms with van der Waals surface area (Å²) in [6, 6.07) is 17.9. The molecule has 3 rings (SSSR count). The first kappa shape index (κ1) is 20.9. The minimum absolute atomic E-state index is 0.0294. The maximum atomic E-state index is 12.9. The molecule has 0 aliphatic carbocycles. The molecule has 1 heterocycles. The van der Waals surface area contributed by atoms with Gasteiger partial charge in [-0.05, 0) is 37.1 Å². The standard InChI is InChI=1S/C24H31N3O2/c1-24(2,3)23(29)27-16-14-18(15-17-27)22(28)25-20-12-8-9-13-21(20)26(4)19-10-6-5-7-11-19/h5-13,18H,14-17H2,1-4H3,(H,25,28). The van der Waals surface area contributed by atoms with E-state index in [2.05, 4.69) is 10.2 Å². The maximum Gasteiger partial charge on any atom is 0.227 e. The second kappa shape index (κ2) is 8.68. The van der Waals surface area contributed by atoms with E-state index in [-0.39, 0.29) is 23.1 Å². The summed E-state index contributed by atoms with van der Waals surface area (Å²) in [5.74, 6) is 0.113. The number of rotatable bonds is 4. The van der Waals surface area contributed by atoms with Crippen LogP contribution in [-0.2, 0) is 9.59 Å². The van der Waals surface area contributed by atoms with E-state index in [0.717, 1.165) is 17.1 Å². The highest BCUT2D eigenvalue weighted by Crippen LogP contribution is 2.31. The van der Waals surface area contributed by atoms with E-state index >= 15 is 0 Å². The highest BCUT2D eigenvalue weighted by molar-refractivity contribution is 5.96. The van der Waals surface area contributed by atoms with Gasteiger partial charge in [0.05, 0.1) is 11.4 Å². The van der Waals surface area contributed by atoms with Crippen LogP contribution in [-0.4, -0.2) is 36.9 Å². The van der Waals surface area contributed by atoms with Crippen molar-refractivity contribution in [3.8, 4) is 0 Å². The van der Waals surface area contributed by atoms with Gasteiger partial charge in [0.15, 0.2) is 0 Å². The molecule has 0 aromatic heterocycles. The number of hydrogen-bond donors (Lipinski definition) is 1. The zero-order chi connectivity index (χ0) is 21.0. The Morgan fingerprint density at radius 3 is 2.17 bits per heavy atom. The lowest BCUT2D eigenvalue weighted by molar-refractivity contribution is -0.142. The van der Waals surface area contributed by atoms with E-state index in [4.69, 9.17) is 0 Å². The molecule has 29 heavy (non-hydrogen) atoms. The van der Waals surface area contributed by atoms with E-state index < -0.39 is 0 Å². The van der Waals surface area contributed by atoms with Gasteiger partial charge in [-0.3, -0.25) is 9.59 Å². The van der Waals surface area contributed by atoms with Gasteiger partial charge in [-0.2, -0.15) is 0 Å². The van der Waals surface area contributed by atoms with Crippen molar-refractivity contribution in [2.24, 2.45) is 11.3 Å². The lowest BCUT2D eigenvalue weighted by atomic mass is 9.90. The molecule has 0 spiro atoms. The zero-order valence-corrected chi connectivity index (χ0v) is 17.8. The molecule has 0 unspecified atom stereocenters. The molecule has 2 aromatic rings. The molecule has 5 heteroatoms. The number of para-hydroxylation sites is 3. The number of carbonyl (C=O) groups is 2. The van der Waals surface area contributed by atoms with Crippen LogP contribution in [0.15, 0.2) is 54.6 Å². The Morgan fingerprint density at radius 2 is 1.55 bits per heavy atom. The predicted molar refractivity (Wildman–Crippen MR) is 118 cm³/mol. The van der Waals surface area contributed by atoms with Crippen LogP contribution < -0.4 is 10.2 Å². The van der Waals surface area contributed by atoms with Gasteiger partial charge >= 0.3 is 0 Å². The minimum Gasteiger partial charge on any atom is -0.343 e. The van der Waals surface area contributed by atoms with Gasteiger partial charge in [-0.25, -0.2) is 0 Å². The summed E-state index contributed by atoms with van der Waals surface area (Å²) in [5.41, 5.74) is 2.43. The van der Waals surface area contributed by atoms with Crippen molar-refractivity contribution in [1.29, 1.82) is 0 Å². The monoisotopic (exact) mass is 393 g/mol. The van der Waals surface area contributed by atoms with Crippen molar-refractivity contribution < 1.29 is 9.59 Å². The summed E-state index contributed by atoms with van der Waals surface area (Å²) in [6.07, 6.45) is 1.40. The van der Waals surface area contributed by atoms with Gasteiger partial charge in [0, 0.05) is 37.2 Å². The molecule has 2 aromatic carbocycles. The van der Waals surface area contributed by atoms with E-state index in [1.165, 1.54) is 0 Å². The molecule has 154 valence electrons. The Bertz CT molecular complexity index is 850. The first-order chi connectivity index (χ1) is 13.8. The molecule has 1 N–H and O–H groups in total. The molecule has 1 aliphatic rings. The molecule has 0 saturated carbocycles. The SMILES string of the molecule is CN(c1ccccc1)c1ccccc1NC(=O)C1CCN(C(=O)C(C)(C)C)CC1. The number of likely N-dealkylation sites (tertiary alicyclic amines) is 1. The van der Waals surface area contributed by atoms with Crippen LogP contribution in [0.25, 0.3) is 0 Å². The Hall–Kier alpha value is -2.82. The second-order valence-electron chi connectivity index (χ2n) is 8.72. The summed E-state index contributed by atoms with van der Waals surface area (Å²) in [4.78, 5) is 29.3. The molecule has 1 aliphatic heterocycles. The molecule has 1 saturated heterocycles. The number of hydrogen-bond acceptors (Lipinski definition) is 3. The van der Waals surface area contributed by atoms with E-state index in [1.54, 1.807) is 0 Å². The van der Waals surface area contributed by atoms with Gasteiger partial charge in [0.1, 0.15) is 0 Å². The van der Waals surface area contributed by atoms with Crippen LogP contribution >= 0.6 is 0 Å². The number of piperidine rings is 1. The molecule has 0 radical (unpaired) electrons. The molecule has 0 bridgehead atoms. The molecular weight excluding hydrogens is 362 g/mol. The Labute approximate surface area is 173 Å². The largest absolute Gasteiger partial charge is 0.343 e. The summed E-state index contributed by atoms with van der Waals surface area (Å²) < 4.78 is 0. The average Bonchev–Trinajstić information content (AvgIpc) is 2.73. The fourth-order valence-corrected chi connectivity index (χ4v) is 3.72. The van der Waals surface area contributed by atoms with Crippen LogP contribution in [0.2, 0.25) is 0 Å². The van der Waals surface area contributed by atoms with Crippen LogP contribution in [0.5, 0.6) is 0 Å². The third kappa shape index (κ3) is 4.97. The molecule has 1 fully saturated rings. The maximum absolute atomic E-state index is 12.9. The fourth-order valence-electron chi connectivity index (χ4n) is 3.72. The second-order valence-corrected chi connectivity index (χ2v) is 8.72. The van der Waals surface area contributed by atoms with Crippen LogP contribution in [0.4, 0.5) is 17.1 Å². The van der Waals surface area contributed by atoms with Crippen molar-refractivity contribution in [3.63, 3.8) is 0 Å². The third-order valence-electron chi connectivity index (χ3n) is 5.46. The number of anilines is 3. The first-order valence-corrected chi connectivity index (χ1v) is 10.3. The third-order valence-corrected chi connectivity index (χ3v) is 5.46. The molecular formula is C24H31N3O2. The number of carbonyl (C=O) groups excluding carboxylic acids is 2. The smallest absolute Gasteiger partial charge is 0.227 e. The van der Waals surface area contributed by atoms with Crippen LogP contribution in [0.1, 0.15) is 33.6 Å². The highest BCUT2D eigenvalue weighted by atomic mass is 16.2. The van der Waals surface area contributed by atoms with Gasteiger partial charge in [0.2, 0.25) is 11.8 Å². The normalized spacial score (nSPS) is 15.1. The van der Waals surface area contributed by atoms with E-state index in [9.17, 15) is 9.59 Å². The lowest BCUT2D eigenvalue weighted by Crippen LogP contribution is -2.45. The highest BCUT2D eigenvalue weighted by Gasteiger charge is 2.32. The quantitative estimate of drug-likeness (QED) is 0.821. The van der Waals surface area contributed by atoms with E-state index in [0.29, 0.717) is 25.9 Å². The number of nitrogens with one attached hydrogen (secondary N) is 1. The van der Waals surface area contributed by atoms with Gasteiger partial charge < -0.3 is 15.1 Å². The van der Waals surface area contributed by atoms with Crippen molar-refractivity contribution in [3.05, 3.63) is 54.6 Å². The van der Waals surface area contributed by atoms with Crippen molar-refractivity contribution in [2.45, 2.75) is 33.6 Å². The zero-order valence-electron chi connectivity index (χ0n) is 17.8. The summed E-state index contributed by atoms with van der Waals surface area (Å²) in [6.45, 7) is 7.09. The molecule has 5 nitrogen and oxygen atoms in total. The van der Waals surface area contributed by atoms with Gasteiger partial charge in [0.25, 0.3) is 0 Å². The topological polar surface area (TPSA) is 52.7 Å².